The summed E-state index contributed by atoms with van der Waals surface area (Å²) in [7, 11) is 2.07. The van der Waals surface area contributed by atoms with Crippen LogP contribution >= 0.6 is 0 Å². The van der Waals surface area contributed by atoms with Gasteiger partial charge in [0.2, 0.25) is 5.69 Å². The van der Waals surface area contributed by atoms with Gasteiger partial charge in [0, 0.05) is 29.1 Å². The summed E-state index contributed by atoms with van der Waals surface area (Å²) in [6.45, 7) is 2.14. The molecule has 0 aliphatic rings. The predicted octanol–water partition coefficient (Wildman–Crippen LogP) is 3.78. The van der Waals surface area contributed by atoms with Crippen molar-refractivity contribution in [2.24, 2.45) is 7.05 Å². The van der Waals surface area contributed by atoms with Crippen LogP contribution in [-0.4, -0.2) is 4.98 Å². The molecule has 3 nitrogen and oxygen atoms in total. The smallest absolute Gasteiger partial charge is 0.213 e. The van der Waals surface area contributed by atoms with Crippen molar-refractivity contribution >= 4 is 21.9 Å². The van der Waals surface area contributed by atoms with E-state index < -0.39 is 0 Å². The second-order valence-corrected chi connectivity index (χ2v) is 5.30. The van der Waals surface area contributed by atoms with Crippen molar-refractivity contribution in [3.8, 4) is 11.3 Å². The lowest BCUT2D eigenvalue weighted by Crippen LogP contribution is -2.30. The molecule has 1 aromatic carbocycles. The van der Waals surface area contributed by atoms with Crippen molar-refractivity contribution < 1.29 is 8.98 Å². The Labute approximate surface area is 122 Å². The second-order valence-electron chi connectivity index (χ2n) is 5.30. The van der Waals surface area contributed by atoms with Gasteiger partial charge < -0.3 is 4.42 Å². The normalized spacial score (nSPS) is 11.3. The zero-order chi connectivity index (χ0) is 14.4. The van der Waals surface area contributed by atoms with E-state index in [0.717, 1.165) is 21.9 Å². The average Bonchev–Trinajstić information content (AvgIpc) is 2.87. The first-order chi connectivity index (χ1) is 10.3. The third-order valence-corrected chi connectivity index (χ3v) is 3.96. The number of fused-ring (bicyclic) bond motifs is 3. The van der Waals surface area contributed by atoms with E-state index >= 15 is 0 Å². The van der Waals surface area contributed by atoms with Crippen LogP contribution in [0, 0.1) is 6.92 Å². The maximum Gasteiger partial charge on any atom is 0.213 e. The van der Waals surface area contributed by atoms with Gasteiger partial charge in [-0.05, 0) is 30.7 Å². The van der Waals surface area contributed by atoms with Crippen molar-refractivity contribution in [2.45, 2.75) is 6.92 Å². The van der Waals surface area contributed by atoms with Crippen LogP contribution in [-0.2, 0) is 7.05 Å². The Hall–Kier alpha value is -2.68. The molecule has 0 spiro atoms. The maximum absolute atomic E-state index is 5.94. The highest BCUT2D eigenvalue weighted by Gasteiger charge is 2.19. The van der Waals surface area contributed by atoms with Gasteiger partial charge in [-0.15, -0.1) is 0 Å². The summed E-state index contributed by atoms with van der Waals surface area (Å²) in [5, 5.41) is 2.27. The number of nitrogens with zero attached hydrogens (tertiary/aromatic N) is 2. The number of hydrogen-bond donors (Lipinski definition) is 0. The minimum atomic E-state index is 0.831. The van der Waals surface area contributed by atoms with Crippen LogP contribution in [0.5, 0.6) is 0 Å². The van der Waals surface area contributed by atoms with Crippen LogP contribution in [0.15, 0.2) is 59.4 Å². The van der Waals surface area contributed by atoms with Crippen LogP contribution in [0.3, 0.4) is 0 Å². The number of pyridine rings is 2. The lowest BCUT2D eigenvalue weighted by Gasteiger charge is -2.05. The third kappa shape index (κ3) is 1.74. The Morgan fingerprint density at radius 3 is 2.81 bits per heavy atom. The minimum absolute atomic E-state index is 0.831. The monoisotopic (exact) mass is 275 g/mol. The van der Waals surface area contributed by atoms with Gasteiger partial charge in [-0.3, -0.25) is 4.98 Å². The summed E-state index contributed by atoms with van der Waals surface area (Å²) >= 11 is 0. The molecule has 102 valence electrons. The Morgan fingerprint density at radius 2 is 1.95 bits per heavy atom. The van der Waals surface area contributed by atoms with Crippen LogP contribution in [0.25, 0.3) is 33.2 Å². The third-order valence-electron chi connectivity index (χ3n) is 3.96. The lowest BCUT2D eigenvalue weighted by atomic mass is 9.98. The number of furan rings is 1. The second kappa shape index (κ2) is 4.42. The first kappa shape index (κ1) is 12.1. The number of hydrogen-bond acceptors (Lipinski definition) is 2. The SMILES string of the molecule is Cc1ccc2oc3cnccc3c2c1-c1cccc[n+]1C. The van der Waals surface area contributed by atoms with Crippen molar-refractivity contribution in [3.05, 3.63) is 60.6 Å². The first-order valence-electron chi connectivity index (χ1n) is 6.96. The zero-order valence-corrected chi connectivity index (χ0v) is 12.0. The highest BCUT2D eigenvalue weighted by molar-refractivity contribution is 6.12. The van der Waals surface area contributed by atoms with E-state index in [1.807, 2.05) is 24.4 Å². The standard InChI is InChI=1S/C18H15N2O/c1-12-6-7-15-18(13-8-9-19-11-16(13)21-15)17(12)14-5-3-4-10-20(14)2/h3-11H,1-2H3/q+1. The molecule has 21 heavy (non-hydrogen) atoms. The van der Waals surface area contributed by atoms with E-state index in [-0.39, 0.29) is 0 Å². The first-order valence-corrected chi connectivity index (χ1v) is 6.96. The number of aromatic nitrogens is 2. The summed E-state index contributed by atoms with van der Waals surface area (Å²) in [4.78, 5) is 4.15. The molecule has 0 fully saturated rings. The van der Waals surface area contributed by atoms with Crippen molar-refractivity contribution in [3.63, 3.8) is 0 Å². The van der Waals surface area contributed by atoms with Gasteiger partial charge in [0.25, 0.3) is 0 Å². The molecule has 4 rings (SSSR count). The fourth-order valence-corrected chi connectivity index (χ4v) is 2.94. The van der Waals surface area contributed by atoms with Gasteiger partial charge >= 0.3 is 0 Å². The lowest BCUT2D eigenvalue weighted by molar-refractivity contribution is -0.660. The van der Waals surface area contributed by atoms with E-state index in [0.29, 0.717) is 0 Å². The highest BCUT2D eigenvalue weighted by atomic mass is 16.3. The topological polar surface area (TPSA) is 29.9 Å². The van der Waals surface area contributed by atoms with E-state index in [4.69, 9.17) is 4.42 Å². The molecule has 3 aromatic heterocycles. The highest BCUT2D eigenvalue weighted by Crippen LogP contribution is 2.36. The Morgan fingerprint density at radius 1 is 1.05 bits per heavy atom. The van der Waals surface area contributed by atoms with Crippen LogP contribution in [0.1, 0.15) is 5.56 Å². The van der Waals surface area contributed by atoms with E-state index in [9.17, 15) is 0 Å². The number of aryl methyl sites for hydroxylation is 2. The molecule has 3 heteroatoms. The van der Waals surface area contributed by atoms with E-state index in [1.165, 1.54) is 16.8 Å². The fourth-order valence-electron chi connectivity index (χ4n) is 2.94. The van der Waals surface area contributed by atoms with Gasteiger partial charge in [0.15, 0.2) is 11.8 Å². The van der Waals surface area contributed by atoms with Gasteiger partial charge in [0.1, 0.15) is 12.6 Å². The van der Waals surface area contributed by atoms with Crippen LogP contribution < -0.4 is 4.57 Å². The molecule has 0 amide bonds. The Bertz CT molecular complexity index is 969. The summed E-state index contributed by atoms with van der Waals surface area (Å²) in [5.74, 6) is 0. The van der Waals surface area contributed by atoms with Crippen molar-refractivity contribution in [1.82, 2.24) is 4.98 Å². The predicted molar refractivity (Wildman–Crippen MR) is 82.9 cm³/mol. The molecule has 0 unspecified atom stereocenters. The molecule has 0 saturated carbocycles. The number of benzene rings is 1. The molecule has 0 radical (unpaired) electrons. The molecular formula is C18H15N2O+. The molecule has 0 N–H and O–H groups in total. The largest absolute Gasteiger partial charge is 0.454 e. The summed E-state index contributed by atoms with van der Waals surface area (Å²) in [6, 6.07) is 12.4. The summed E-state index contributed by atoms with van der Waals surface area (Å²) in [6.07, 6.45) is 5.66. The fraction of sp³-hybridized carbons (Fsp3) is 0.111. The molecular weight excluding hydrogens is 260 g/mol. The Kier molecular flexibility index (Phi) is 2.54. The van der Waals surface area contributed by atoms with Crippen LogP contribution in [0.4, 0.5) is 0 Å². The van der Waals surface area contributed by atoms with Crippen LogP contribution in [0.2, 0.25) is 0 Å². The summed E-state index contributed by atoms with van der Waals surface area (Å²) < 4.78 is 8.08. The Balaban J connectivity index is 2.22. The molecule has 0 aliphatic heterocycles. The maximum atomic E-state index is 5.94. The molecule has 3 heterocycles. The van der Waals surface area contributed by atoms with E-state index in [2.05, 4.69) is 47.9 Å². The van der Waals surface area contributed by atoms with Gasteiger partial charge in [-0.25, -0.2) is 4.57 Å². The van der Waals surface area contributed by atoms with Gasteiger partial charge in [-0.1, -0.05) is 6.07 Å². The van der Waals surface area contributed by atoms with Gasteiger partial charge in [0.05, 0.1) is 11.8 Å². The van der Waals surface area contributed by atoms with E-state index in [1.54, 1.807) is 6.20 Å². The molecule has 0 aliphatic carbocycles. The molecule has 0 saturated heterocycles. The molecule has 0 atom stereocenters. The average molecular weight is 275 g/mol. The van der Waals surface area contributed by atoms with Crippen molar-refractivity contribution in [2.75, 3.05) is 0 Å². The van der Waals surface area contributed by atoms with Gasteiger partial charge in [-0.2, -0.15) is 0 Å². The molecule has 0 bridgehead atoms. The summed E-state index contributed by atoms with van der Waals surface area (Å²) in [5.41, 5.74) is 5.38. The molecule has 4 aromatic rings. The quantitative estimate of drug-likeness (QED) is 0.495. The zero-order valence-electron chi connectivity index (χ0n) is 12.0. The number of rotatable bonds is 1. The minimum Gasteiger partial charge on any atom is -0.454 e. The van der Waals surface area contributed by atoms with Crippen molar-refractivity contribution in [1.29, 1.82) is 0 Å².